The van der Waals surface area contributed by atoms with Crippen molar-refractivity contribution in [1.29, 1.82) is 0 Å². The molecule has 1 rings (SSSR count). The van der Waals surface area contributed by atoms with Gasteiger partial charge in [0.25, 0.3) is 0 Å². The van der Waals surface area contributed by atoms with Gasteiger partial charge in [0, 0.05) is 13.6 Å². The molecule has 1 N–H and O–H groups in total. The molecule has 120 valence electrons. The van der Waals surface area contributed by atoms with Gasteiger partial charge >= 0.3 is 6.18 Å². The maximum Gasteiger partial charge on any atom is 0.417 e. The van der Waals surface area contributed by atoms with E-state index in [-0.39, 0.29) is 13.0 Å². The molecule has 0 saturated carbocycles. The number of benzene rings is 1. The van der Waals surface area contributed by atoms with E-state index in [1.807, 2.05) is 0 Å². The highest BCUT2D eigenvalue weighted by Gasteiger charge is 2.35. The van der Waals surface area contributed by atoms with Gasteiger partial charge in [0.15, 0.2) is 0 Å². The Morgan fingerprint density at radius 3 is 2.43 bits per heavy atom. The summed E-state index contributed by atoms with van der Waals surface area (Å²) in [4.78, 5) is -0.493. The molecule has 1 atom stereocenters. The molecule has 0 aliphatic rings. The van der Waals surface area contributed by atoms with E-state index in [0.29, 0.717) is 6.07 Å². The zero-order valence-electron chi connectivity index (χ0n) is 11.4. The number of hydrogen-bond acceptors (Lipinski definition) is 3. The van der Waals surface area contributed by atoms with Gasteiger partial charge in [0.1, 0.15) is 0 Å². The van der Waals surface area contributed by atoms with Crippen molar-refractivity contribution in [2.24, 2.45) is 0 Å². The third-order valence-corrected chi connectivity index (χ3v) is 5.00. The van der Waals surface area contributed by atoms with Crippen LogP contribution in [0.15, 0.2) is 23.1 Å². The Bertz CT molecular complexity index is 602. The molecular weight excluding hydrogens is 331 g/mol. The van der Waals surface area contributed by atoms with Gasteiger partial charge in [-0.1, -0.05) is 11.6 Å². The lowest BCUT2D eigenvalue weighted by Crippen LogP contribution is -2.29. The van der Waals surface area contributed by atoms with E-state index in [0.717, 1.165) is 16.4 Å². The summed E-state index contributed by atoms with van der Waals surface area (Å²) < 4.78 is 63.5. The molecule has 0 spiro atoms. The third-order valence-electron chi connectivity index (χ3n) is 2.81. The number of nitrogens with zero attached hydrogens (tertiary/aromatic N) is 1. The van der Waals surface area contributed by atoms with Crippen molar-refractivity contribution in [2.45, 2.75) is 30.5 Å². The number of aliphatic hydroxyl groups excluding tert-OH is 1. The van der Waals surface area contributed by atoms with E-state index in [4.69, 9.17) is 16.7 Å². The Kier molecular flexibility index (Phi) is 5.65. The molecule has 21 heavy (non-hydrogen) atoms. The van der Waals surface area contributed by atoms with Crippen molar-refractivity contribution in [3.8, 4) is 0 Å². The molecule has 0 saturated heterocycles. The van der Waals surface area contributed by atoms with Crippen LogP contribution in [0.3, 0.4) is 0 Å². The van der Waals surface area contributed by atoms with Crippen LogP contribution in [0.5, 0.6) is 0 Å². The minimum atomic E-state index is -4.74. The van der Waals surface area contributed by atoms with Gasteiger partial charge in [0.2, 0.25) is 10.0 Å². The molecule has 0 aliphatic heterocycles. The van der Waals surface area contributed by atoms with Gasteiger partial charge in [0.05, 0.1) is 21.6 Å². The quantitative estimate of drug-likeness (QED) is 0.892. The third kappa shape index (κ3) is 4.57. The topological polar surface area (TPSA) is 57.6 Å². The van der Waals surface area contributed by atoms with Crippen LogP contribution in [0.1, 0.15) is 18.9 Å². The summed E-state index contributed by atoms with van der Waals surface area (Å²) in [6, 6.07) is 2.43. The summed E-state index contributed by atoms with van der Waals surface area (Å²) >= 11 is 5.45. The van der Waals surface area contributed by atoms with Gasteiger partial charge in [-0.05, 0) is 31.5 Å². The molecule has 1 aromatic rings. The van der Waals surface area contributed by atoms with Gasteiger partial charge < -0.3 is 5.11 Å². The Balaban J connectivity index is 3.15. The van der Waals surface area contributed by atoms with Crippen LogP contribution in [-0.4, -0.2) is 37.5 Å². The zero-order chi connectivity index (χ0) is 16.4. The maximum absolute atomic E-state index is 12.7. The monoisotopic (exact) mass is 345 g/mol. The fourth-order valence-electron chi connectivity index (χ4n) is 1.55. The fraction of sp³-hybridized carbons (Fsp3) is 0.500. The Labute approximate surface area is 126 Å². The molecule has 0 radical (unpaired) electrons. The second-order valence-electron chi connectivity index (χ2n) is 4.60. The molecule has 0 bridgehead atoms. The average Bonchev–Trinajstić information content (AvgIpc) is 2.34. The average molecular weight is 346 g/mol. The lowest BCUT2D eigenvalue weighted by molar-refractivity contribution is -0.137. The van der Waals surface area contributed by atoms with Crippen LogP contribution in [0.25, 0.3) is 0 Å². The Morgan fingerprint density at radius 1 is 1.38 bits per heavy atom. The molecule has 0 fully saturated rings. The number of aliphatic hydroxyl groups is 1. The van der Waals surface area contributed by atoms with Crippen LogP contribution < -0.4 is 0 Å². The molecule has 0 aromatic heterocycles. The molecule has 0 aliphatic carbocycles. The predicted octanol–water partition coefficient (Wildman–Crippen LogP) is 2.75. The second kappa shape index (κ2) is 6.51. The first kappa shape index (κ1) is 18.2. The summed E-state index contributed by atoms with van der Waals surface area (Å²) in [5.74, 6) is 0. The summed E-state index contributed by atoms with van der Waals surface area (Å²) in [7, 11) is -2.83. The van der Waals surface area contributed by atoms with Crippen molar-refractivity contribution in [1.82, 2.24) is 4.31 Å². The van der Waals surface area contributed by atoms with Crippen molar-refractivity contribution >= 4 is 21.6 Å². The van der Waals surface area contributed by atoms with E-state index >= 15 is 0 Å². The molecule has 1 aromatic carbocycles. The minimum Gasteiger partial charge on any atom is -0.393 e. The maximum atomic E-state index is 12.7. The Morgan fingerprint density at radius 2 is 1.95 bits per heavy atom. The van der Waals surface area contributed by atoms with Crippen LogP contribution in [0.2, 0.25) is 5.02 Å². The van der Waals surface area contributed by atoms with Gasteiger partial charge in [-0.3, -0.25) is 0 Å². The van der Waals surface area contributed by atoms with E-state index in [1.54, 1.807) is 0 Å². The largest absolute Gasteiger partial charge is 0.417 e. The first-order valence-electron chi connectivity index (χ1n) is 5.97. The van der Waals surface area contributed by atoms with E-state index in [2.05, 4.69) is 0 Å². The van der Waals surface area contributed by atoms with Crippen LogP contribution in [0.4, 0.5) is 13.2 Å². The molecule has 0 heterocycles. The fourth-order valence-corrected chi connectivity index (χ4v) is 2.99. The number of sulfonamides is 1. The predicted molar refractivity (Wildman–Crippen MR) is 72.6 cm³/mol. The SMILES string of the molecule is CC(O)CCN(C)S(=O)(=O)c1ccc(Cl)c(C(F)(F)F)c1. The first-order chi connectivity index (χ1) is 9.46. The van der Waals surface area contributed by atoms with Crippen molar-refractivity contribution in [2.75, 3.05) is 13.6 Å². The highest BCUT2D eigenvalue weighted by Crippen LogP contribution is 2.36. The van der Waals surface area contributed by atoms with E-state index in [1.165, 1.54) is 14.0 Å². The van der Waals surface area contributed by atoms with Crippen molar-refractivity contribution < 1.29 is 26.7 Å². The lowest BCUT2D eigenvalue weighted by atomic mass is 10.2. The van der Waals surface area contributed by atoms with Gasteiger partial charge in [-0.2, -0.15) is 13.2 Å². The number of hydrogen-bond donors (Lipinski definition) is 1. The normalized spacial score (nSPS) is 14.5. The summed E-state index contributed by atoms with van der Waals surface area (Å²) in [6.07, 6.45) is -5.27. The summed E-state index contributed by atoms with van der Waals surface area (Å²) in [6.45, 7) is 1.48. The molecule has 9 heteroatoms. The van der Waals surface area contributed by atoms with E-state index in [9.17, 15) is 21.6 Å². The number of alkyl halides is 3. The van der Waals surface area contributed by atoms with Crippen molar-refractivity contribution in [3.63, 3.8) is 0 Å². The smallest absolute Gasteiger partial charge is 0.393 e. The number of rotatable bonds is 5. The summed E-state index contributed by atoms with van der Waals surface area (Å²) in [5, 5.41) is 8.58. The highest BCUT2D eigenvalue weighted by molar-refractivity contribution is 7.89. The van der Waals surface area contributed by atoms with Crippen LogP contribution in [0, 0.1) is 0 Å². The molecule has 0 amide bonds. The first-order valence-corrected chi connectivity index (χ1v) is 7.79. The van der Waals surface area contributed by atoms with Crippen molar-refractivity contribution in [3.05, 3.63) is 28.8 Å². The molecule has 4 nitrogen and oxygen atoms in total. The summed E-state index contributed by atoms with van der Waals surface area (Å²) in [5.41, 5.74) is -1.20. The minimum absolute atomic E-state index is 0.00994. The van der Waals surface area contributed by atoms with Gasteiger partial charge in [-0.15, -0.1) is 0 Å². The second-order valence-corrected chi connectivity index (χ2v) is 7.06. The Hall–Kier alpha value is -0.830. The van der Waals surface area contributed by atoms with Crippen LogP contribution >= 0.6 is 11.6 Å². The highest BCUT2D eigenvalue weighted by atomic mass is 35.5. The van der Waals surface area contributed by atoms with Crippen LogP contribution in [-0.2, 0) is 16.2 Å². The number of halogens is 4. The lowest BCUT2D eigenvalue weighted by Gasteiger charge is -2.19. The zero-order valence-corrected chi connectivity index (χ0v) is 12.9. The standard InChI is InChI=1S/C12H15ClF3NO3S/c1-8(18)5-6-17(2)21(19,20)9-3-4-11(13)10(7-9)12(14,15)16/h3-4,7-8,18H,5-6H2,1-2H3. The molecular formula is C12H15ClF3NO3S. The van der Waals surface area contributed by atoms with E-state index < -0.39 is 37.8 Å². The molecule has 1 unspecified atom stereocenters. The van der Waals surface area contributed by atoms with Gasteiger partial charge in [-0.25, -0.2) is 12.7 Å².